The molecule has 4 rings (SSSR count). The van der Waals surface area contributed by atoms with Gasteiger partial charge in [-0.05, 0) is 84.5 Å². The summed E-state index contributed by atoms with van der Waals surface area (Å²) >= 11 is 0. The van der Waals surface area contributed by atoms with Gasteiger partial charge >= 0.3 is 23.9 Å². The molecule has 36 heteroatoms. The van der Waals surface area contributed by atoms with Crippen molar-refractivity contribution in [2.24, 2.45) is 35.5 Å². The molecule has 0 bridgehead atoms. The maximum Gasteiger partial charge on any atom is 0.303 e. The van der Waals surface area contributed by atoms with Crippen molar-refractivity contribution in [1.82, 2.24) is 41.9 Å². The van der Waals surface area contributed by atoms with Crippen molar-refractivity contribution in [3.05, 3.63) is 0 Å². The first-order valence-electron chi connectivity index (χ1n) is 38.6. The molecule has 3 aliphatic heterocycles. The molecule has 6 unspecified atom stereocenters. The van der Waals surface area contributed by atoms with Gasteiger partial charge in [0.05, 0.1) is 109 Å². The Hall–Kier alpha value is -6.39. The smallest absolute Gasteiger partial charge is 0.303 e. The molecule has 0 aromatic rings. The maximum absolute atomic E-state index is 14.3. The van der Waals surface area contributed by atoms with Crippen LogP contribution in [0.4, 0.5) is 0 Å². The van der Waals surface area contributed by atoms with Gasteiger partial charge in [-0.2, -0.15) is 5.26 Å². The van der Waals surface area contributed by atoms with Gasteiger partial charge in [-0.3, -0.25) is 52.7 Å². The summed E-state index contributed by atoms with van der Waals surface area (Å²) in [4.78, 5) is 142. The van der Waals surface area contributed by atoms with Crippen LogP contribution in [-0.2, 0) is 123 Å². The minimum atomic E-state index is -1.54. The molecular weight excluding hydrogens is 1460 g/mol. The monoisotopic (exact) mass is 1590 g/mol. The highest BCUT2D eigenvalue weighted by Crippen LogP contribution is 2.49. The third-order valence-corrected chi connectivity index (χ3v) is 21.7. The van der Waals surface area contributed by atoms with Gasteiger partial charge in [0.15, 0.2) is 18.9 Å². The van der Waals surface area contributed by atoms with E-state index in [-0.39, 0.29) is 191 Å². The largest absolute Gasteiger partial charge is 0.463 e. The minimum Gasteiger partial charge on any atom is -0.463 e. The molecule has 3 saturated heterocycles. The lowest BCUT2D eigenvalue weighted by atomic mass is 9.82. The Balaban J connectivity index is 1.44. The van der Waals surface area contributed by atoms with Crippen LogP contribution in [0.15, 0.2) is 0 Å². The minimum absolute atomic E-state index is 0.00219. The third-order valence-electron chi connectivity index (χ3n) is 19.5. The van der Waals surface area contributed by atoms with E-state index in [1.54, 1.807) is 0 Å². The summed E-state index contributed by atoms with van der Waals surface area (Å²) in [7, 11) is -1.54. The predicted octanol–water partition coefficient (Wildman–Crippen LogP) is 3.58. The summed E-state index contributed by atoms with van der Waals surface area (Å²) in [6.07, 6.45) is -4.35. The fourth-order valence-corrected chi connectivity index (χ4v) is 15.2. The number of amides is 7. The van der Waals surface area contributed by atoms with Crippen LogP contribution in [0, 0.1) is 46.8 Å². The highest BCUT2D eigenvalue weighted by Gasteiger charge is 2.48. The number of carbonyl (C=O) groups excluding carboxylic acids is 11. The van der Waals surface area contributed by atoms with Crippen LogP contribution in [0.2, 0.25) is 0 Å². The molecule has 3 heterocycles. The fraction of sp³-hybridized carbons (Fsp3) is 0.838. The molecule has 35 nitrogen and oxygen atoms in total. The molecule has 0 aromatic heterocycles. The van der Waals surface area contributed by atoms with Crippen LogP contribution in [0.3, 0.4) is 0 Å². The van der Waals surface area contributed by atoms with Gasteiger partial charge in [-0.1, -0.05) is 41.5 Å². The second-order valence-corrected chi connectivity index (χ2v) is 30.2. The number of carbonyl (C=O) groups is 11. The zero-order chi connectivity index (χ0) is 81.6. The van der Waals surface area contributed by atoms with E-state index in [0.29, 0.717) is 32.1 Å². The third kappa shape index (κ3) is 34.5. The van der Waals surface area contributed by atoms with Crippen molar-refractivity contribution in [2.45, 2.75) is 267 Å². The second-order valence-electron chi connectivity index (χ2n) is 28.8. The number of ether oxygens (including phenoxy) is 13. The molecular formula is C74H126N9O26P. The van der Waals surface area contributed by atoms with E-state index >= 15 is 0 Å². The van der Waals surface area contributed by atoms with Crippen molar-refractivity contribution in [3.63, 3.8) is 0 Å². The molecule has 110 heavy (non-hydrogen) atoms. The van der Waals surface area contributed by atoms with E-state index in [0.717, 1.165) is 0 Å². The molecule has 0 aromatic carbocycles. The van der Waals surface area contributed by atoms with Crippen LogP contribution >= 0.6 is 8.53 Å². The van der Waals surface area contributed by atoms with Crippen LogP contribution in [0.25, 0.3) is 0 Å². The maximum atomic E-state index is 14.3. The first kappa shape index (κ1) is 96.0. The van der Waals surface area contributed by atoms with E-state index in [1.165, 1.54) is 41.5 Å². The zero-order valence-corrected chi connectivity index (χ0v) is 68.2. The molecule has 4 aliphatic rings. The van der Waals surface area contributed by atoms with Crippen molar-refractivity contribution < 1.29 is 123 Å². The van der Waals surface area contributed by atoms with Gasteiger partial charge < -0.3 is 108 Å². The Morgan fingerprint density at radius 2 is 0.955 bits per heavy atom. The van der Waals surface area contributed by atoms with Gasteiger partial charge in [0, 0.05) is 110 Å². The standard InChI is InChI=1S/C74H126N9O26P/c1-17-60-68(105-55(16)89)49(10)66(80-51(12)85)74(106-60)100-40-36-95-32-28-76-63(90)25-23-58(70(93)77-29-33-96-35-38-98-72-48(9)47(8)67(104-54(15)88)62(108-72)42-102-53(14)87)81-64(91)26-24-59(82-69(92)56-19-21-57(22-20-56)109-110(103-31-18-27-75)83(43(2)3)44(4)5)71(94)78-30-34-97-37-39-99-73-65(79-50(11)84)46(7)45(6)61(107-73)41-101-52(13)86/h43-49,56-62,65-68,72-74H,17-26,28-42H2,1-16H3,(H,76,90)(H,77,93)(H,78,94)(H,79,84)(H,80,85)(H,81,91)(H,82,92)/t45-,46+,47-,48-,49-,56?,57?,58?,59?,60-,61-,62-,65-,66-,67-,68-,72?,73?,74?,110?/m1/s1. The molecule has 628 valence electrons. The van der Waals surface area contributed by atoms with Gasteiger partial charge in [0.2, 0.25) is 41.4 Å². The first-order chi connectivity index (χ1) is 52.3. The topological polar surface area (TPSA) is 437 Å². The molecule has 1 aliphatic carbocycles. The number of rotatable bonds is 49. The van der Waals surface area contributed by atoms with Crippen molar-refractivity contribution in [3.8, 4) is 6.07 Å². The average Bonchev–Trinajstić information content (AvgIpc) is 0.813. The second kappa shape index (κ2) is 51.4. The SMILES string of the molecule is CC[C@H]1OC(OCCOCCNC(=O)CCC(NC(=O)CCC(NC(=O)C2CCC(OP(OCCC#N)N(C(C)C)C(C)C)CC2)C(=O)NCCOCCOC2O[C@H](COC(C)=O)[C@H](C)[C@H](C)[C@H]2NC(C)=O)C(=O)NCCOCCOC2O[C@H](COC(C)=O)[C@H](OC(C)=O)[C@H](C)[C@H]2C)[C@H](NC(C)=O)[C@@H](C)[C@H]1OC(C)=O. The zero-order valence-electron chi connectivity index (χ0n) is 67.3. The average molecular weight is 1590 g/mol. The molecule has 18 atom stereocenters. The van der Waals surface area contributed by atoms with E-state index in [9.17, 15) is 58.0 Å². The summed E-state index contributed by atoms with van der Waals surface area (Å²) in [5.74, 6) is -7.02. The van der Waals surface area contributed by atoms with Gasteiger partial charge in [-0.25, -0.2) is 4.67 Å². The first-order valence-corrected chi connectivity index (χ1v) is 39.8. The van der Waals surface area contributed by atoms with E-state index in [4.69, 9.17) is 70.6 Å². The highest BCUT2D eigenvalue weighted by atomic mass is 31.2. The lowest BCUT2D eigenvalue weighted by molar-refractivity contribution is -0.275. The summed E-state index contributed by atoms with van der Waals surface area (Å²) in [6.45, 7) is 27.8. The number of nitriles is 1. The Bertz CT molecular complexity index is 2900. The lowest BCUT2D eigenvalue weighted by Crippen LogP contribution is -2.61. The summed E-state index contributed by atoms with van der Waals surface area (Å²) in [5, 5.41) is 28.9. The van der Waals surface area contributed by atoms with Crippen LogP contribution in [0.5, 0.6) is 0 Å². The van der Waals surface area contributed by atoms with Crippen molar-refractivity contribution in [1.29, 1.82) is 5.26 Å². The molecule has 7 amide bonds. The number of hydrogen-bond donors (Lipinski definition) is 7. The summed E-state index contributed by atoms with van der Waals surface area (Å²) in [6, 6.07) is -1.42. The molecule has 4 fully saturated rings. The van der Waals surface area contributed by atoms with Crippen molar-refractivity contribution >= 4 is 73.8 Å². The molecule has 7 N–H and O–H groups in total. The van der Waals surface area contributed by atoms with E-state index in [2.05, 4.69) is 48.0 Å². The van der Waals surface area contributed by atoms with Gasteiger partial charge in [0.25, 0.3) is 8.53 Å². The molecule has 1 saturated carbocycles. The Kier molecular flexibility index (Phi) is 44.8. The normalized spacial score (nSPS) is 26.9. The fourth-order valence-electron chi connectivity index (χ4n) is 13.4. The van der Waals surface area contributed by atoms with Crippen molar-refractivity contribution in [2.75, 3.05) is 98.9 Å². The van der Waals surface area contributed by atoms with Crippen LogP contribution < -0.4 is 37.2 Å². The number of hydrogen-bond acceptors (Lipinski definition) is 28. The Morgan fingerprint density at radius 1 is 0.500 bits per heavy atom. The summed E-state index contributed by atoms with van der Waals surface area (Å²) in [5.41, 5.74) is 0. The number of esters is 4. The highest BCUT2D eigenvalue weighted by molar-refractivity contribution is 7.44. The quantitative estimate of drug-likeness (QED) is 0.0198. The molecule has 0 spiro atoms. The Labute approximate surface area is 649 Å². The molecule has 0 radical (unpaired) electrons. The lowest BCUT2D eigenvalue weighted by Gasteiger charge is -2.44. The van der Waals surface area contributed by atoms with Gasteiger partial charge in [0.1, 0.15) is 43.6 Å². The van der Waals surface area contributed by atoms with Gasteiger partial charge in [-0.15, -0.1) is 0 Å². The van der Waals surface area contributed by atoms with E-state index < -0.39 is 141 Å². The van der Waals surface area contributed by atoms with E-state index in [1.807, 2.05) is 69.2 Å². The predicted molar refractivity (Wildman–Crippen MR) is 395 cm³/mol. The van der Waals surface area contributed by atoms with Crippen LogP contribution in [0.1, 0.15) is 175 Å². The number of nitrogens with one attached hydrogen (secondary N) is 7. The number of nitrogens with zero attached hydrogens (tertiary/aromatic N) is 2. The van der Waals surface area contributed by atoms with Crippen LogP contribution in [-0.4, -0.2) is 261 Å². The summed E-state index contributed by atoms with van der Waals surface area (Å²) < 4.78 is 90.3. The Morgan fingerprint density at radius 3 is 1.44 bits per heavy atom.